The first-order valence-electron chi connectivity index (χ1n) is 6.33. The number of nitrogens with one attached hydrogen (secondary N) is 1. The molecule has 0 spiro atoms. The Kier molecular flexibility index (Phi) is 4.53. The van der Waals surface area contributed by atoms with E-state index in [1.54, 1.807) is 19.0 Å². The number of carbonyl (C=O) groups is 1. The maximum Gasteiger partial charge on any atom is 0.255 e. The van der Waals surface area contributed by atoms with Crippen LogP contribution in [0.2, 0.25) is 0 Å². The van der Waals surface area contributed by atoms with Crippen molar-refractivity contribution in [1.82, 2.24) is 4.90 Å². The Balaban J connectivity index is 2.14. The lowest BCUT2D eigenvalue weighted by molar-refractivity contribution is 0.0828. The normalized spacial score (nSPS) is 16.3. The van der Waals surface area contributed by atoms with Crippen molar-refractivity contribution in [3.8, 4) is 0 Å². The molecule has 0 aliphatic carbocycles. The molecule has 98 valence electrons. The fraction of sp³-hybridized carbons (Fsp3) is 0.500. The third-order valence-corrected chi connectivity index (χ3v) is 4.19. The number of hydrogen-bond acceptors (Lipinski definition) is 3. The first-order chi connectivity index (χ1) is 8.68. The molecule has 1 saturated heterocycles. The quantitative estimate of drug-likeness (QED) is 0.911. The molecule has 1 aromatic carbocycles. The fourth-order valence-electron chi connectivity index (χ4n) is 2.10. The lowest BCUT2D eigenvalue weighted by atomic mass is 10.1. The van der Waals surface area contributed by atoms with E-state index in [0.29, 0.717) is 6.04 Å². The molecule has 0 aromatic heterocycles. The van der Waals surface area contributed by atoms with Gasteiger partial charge in [0.05, 0.1) is 5.56 Å². The van der Waals surface area contributed by atoms with Crippen molar-refractivity contribution >= 4 is 23.4 Å². The molecule has 0 radical (unpaired) electrons. The highest BCUT2D eigenvalue weighted by Crippen LogP contribution is 2.23. The number of amides is 1. The van der Waals surface area contributed by atoms with Gasteiger partial charge in [-0.25, -0.2) is 0 Å². The van der Waals surface area contributed by atoms with Crippen LogP contribution in [0.1, 0.15) is 23.2 Å². The maximum atomic E-state index is 12.1. The first kappa shape index (κ1) is 13.3. The average molecular weight is 264 g/mol. The smallest absolute Gasteiger partial charge is 0.255 e. The minimum absolute atomic E-state index is 0.0586. The Hall–Kier alpha value is -1.16. The molecular formula is C14H20N2OS. The molecule has 18 heavy (non-hydrogen) atoms. The first-order valence-corrected chi connectivity index (χ1v) is 7.49. The Labute approximate surface area is 113 Å². The summed E-state index contributed by atoms with van der Waals surface area (Å²) in [7, 11) is 3.58. The molecule has 1 aromatic rings. The molecule has 2 rings (SSSR count). The van der Waals surface area contributed by atoms with Crippen LogP contribution >= 0.6 is 11.8 Å². The second-order valence-electron chi connectivity index (χ2n) is 4.78. The van der Waals surface area contributed by atoms with Crippen molar-refractivity contribution in [2.24, 2.45) is 0 Å². The lowest BCUT2D eigenvalue weighted by Gasteiger charge is -2.25. The van der Waals surface area contributed by atoms with E-state index in [1.165, 1.54) is 24.3 Å². The highest BCUT2D eigenvalue weighted by molar-refractivity contribution is 7.99. The van der Waals surface area contributed by atoms with E-state index in [0.717, 1.165) is 11.3 Å². The van der Waals surface area contributed by atoms with E-state index in [1.807, 2.05) is 36.0 Å². The molecule has 1 heterocycles. The summed E-state index contributed by atoms with van der Waals surface area (Å²) in [6.07, 6.45) is 2.35. The van der Waals surface area contributed by atoms with Crippen LogP contribution in [0.5, 0.6) is 0 Å². The Bertz CT molecular complexity index is 414. The largest absolute Gasteiger partial charge is 0.382 e. The third-order valence-electron chi connectivity index (χ3n) is 3.14. The molecule has 0 bridgehead atoms. The molecule has 1 aliphatic rings. The molecule has 1 aliphatic heterocycles. The molecule has 1 N–H and O–H groups in total. The van der Waals surface area contributed by atoms with E-state index >= 15 is 0 Å². The lowest BCUT2D eigenvalue weighted by Crippen LogP contribution is -2.27. The average Bonchev–Trinajstić information content (AvgIpc) is 2.39. The molecule has 1 fully saturated rings. The van der Waals surface area contributed by atoms with Gasteiger partial charge in [-0.3, -0.25) is 4.79 Å². The summed E-state index contributed by atoms with van der Waals surface area (Å²) in [6, 6.07) is 8.29. The van der Waals surface area contributed by atoms with E-state index in [9.17, 15) is 4.79 Å². The van der Waals surface area contributed by atoms with Crippen molar-refractivity contribution in [2.45, 2.75) is 18.9 Å². The highest BCUT2D eigenvalue weighted by Gasteiger charge is 2.17. The predicted octanol–water partition coefficient (Wildman–Crippen LogP) is 2.70. The number of anilines is 1. The zero-order valence-corrected chi connectivity index (χ0v) is 11.8. The van der Waals surface area contributed by atoms with Crippen LogP contribution in [-0.4, -0.2) is 42.4 Å². The second kappa shape index (κ2) is 6.14. The van der Waals surface area contributed by atoms with E-state index in [-0.39, 0.29) is 5.91 Å². The summed E-state index contributed by atoms with van der Waals surface area (Å²) in [5.74, 6) is 2.48. The summed E-state index contributed by atoms with van der Waals surface area (Å²) in [6.45, 7) is 0. The van der Waals surface area contributed by atoms with E-state index in [2.05, 4.69) is 5.32 Å². The second-order valence-corrected chi connectivity index (χ2v) is 6.00. The van der Waals surface area contributed by atoms with Gasteiger partial charge < -0.3 is 10.2 Å². The number of nitrogens with zero attached hydrogens (tertiary/aromatic N) is 1. The van der Waals surface area contributed by atoms with Gasteiger partial charge >= 0.3 is 0 Å². The van der Waals surface area contributed by atoms with Gasteiger partial charge in [0.25, 0.3) is 5.91 Å². The van der Waals surface area contributed by atoms with Crippen LogP contribution in [0.25, 0.3) is 0 Å². The van der Waals surface area contributed by atoms with Crippen molar-refractivity contribution in [3.63, 3.8) is 0 Å². The van der Waals surface area contributed by atoms with E-state index in [4.69, 9.17) is 0 Å². The fourth-order valence-corrected chi connectivity index (χ4v) is 3.20. The Morgan fingerprint density at radius 3 is 2.61 bits per heavy atom. The van der Waals surface area contributed by atoms with Gasteiger partial charge in [0.1, 0.15) is 0 Å². The minimum Gasteiger partial charge on any atom is -0.382 e. The predicted molar refractivity (Wildman–Crippen MR) is 78.4 cm³/mol. The molecule has 0 atom stereocenters. The Morgan fingerprint density at radius 2 is 1.94 bits per heavy atom. The molecule has 0 saturated carbocycles. The SMILES string of the molecule is CN(C)C(=O)c1ccccc1NC1CCSCC1. The topological polar surface area (TPSA) is 32.3 Å². The molecule has 4 heteroatoms. The van der Waals surface area contributed by atoms with Gasteiger partial charge in [-0.1, -0.05) is 12.1 Å². The number of para-hydroxylation sites is 1. The van der Waals surface area contributed by atoms with Crippen molar-refractivity contribution in [2.75, 3.05) is 30.9 Å². The van der Waals surface area contributed by atoms with Crippen LogP contribution in [0.4, 0.5) is 5.69 Å². The number of rotatable bonds is 3. The van der Waals surface area contributed by atoms with Gasteiger partial charge in [0, 0.05) is 25.8 Å². The molecule has 1 amide bonds. The van der Waals surface area contributed by atoms with Crippen LogP contribution in [0.3, 0.4) is 0 Å². The maximum absolute atomic E-state index is 12.1. The highest BCUT2D eigenvalue weighted by atomic mass is 32.2. The number of thioether (sulfide) groups is 1. The molecule has 0 unspecified atom stereocenters. The zero-order valence-electron chi connectivity index (χ0n) is 11.0. The summed E-state index contributed by atoms with van der Waals surface area (Å²) in [5, 5.41) is 3.52. The van der Waals surface area contributed by atoms with Gasteiger partial charge in [0.15, 0.2) is 0 Å². The van der Waals surface area contributed by atoms with Crippen LogP contribution in [0.15, 0.2) is 24.3 Å². The van der Waals surface area contributed by atoms with E-state index < -0.39 is 0 Å². The van der Waals surface area contributed by atoms with Crippen molar-refractivity contribution in [1.29, 1.82) is 0 Å². The standard InChI is InChI=1S/C14H20N2OS/c1-16(2)14(17)12-5-3-4-6-13(12)15-11-7-9-18-10-8-11/h3-6,11,15H,7-10H2,1-2H3. The van der Waals surface area contributed by atoms with Crippen LogP contribution in [-0.2, 0) is 0 Å². The number of benzene rings is 1. The number of hydrogen-bond donors (Lipinski definition) is 1. The Morgan fingerprint density at radius 1 is 1.28 bits per heavy atom. The summed E-state index contributed by atoms with van der Waals surface area (Å²) in [5.41, 5.74) is 1.73. The van der Waals surface area contributed by atoms with Gasteiger partial charge in [0.2, 0.25) is 0 Å². The third kappa shape index (κ3) is 3.19. The zero-order chi connectivity index (χ0) is 13.0. The van der Waals surface area contributed by atoms with Gasteiger partial charge in [-0.05, 0) is 36.5 Å². The van der Waals surface area contributed by atoms with Gasteiger partial charge in [-0.2, -0.15) is 11.8 Å². The molecule has 3 nitrogen and oxygen atoms in total. The van der Waals surface area contributed by atoms with Gasteiger partial charge in [-0.15, -0.1) is 0 Å². The van der Waals surface area contributed by atoms with Crippen molar-refractivity contribution in [3.05, 3.63) is 29.8 Å². The monoisotopic (exact) mass is 264 g/mol. The summed E-state index contributed by atoms with van der Waals surface area (Å²) < 4.78 is 0. The minimum atomic E-state index is 0.0586. The van der Waals surface area contributed by atoms with Crippen LogP contribution in [0, 0.1) is 0 Å². The summed E-state index contributed by atoms with van der Waals surface area (Å²) >= 11 is 2.01. The molecular weight excluding hydrogens is 244 g/mol. The number of carbonyl (C=O) groups excluding carboxylic acids is 1. The summed E-state index contributed by atoms with van der Waals surface area (Å²) in [4.78, 5) is 13.7. The van der Waals surface area contributed by atoms with Crippen LogP contribution < -0.4 is 5.32 Å². The van der Waals surface area contributed by atoms with Crippen molar-refractivity contribution < 1.29 is 4.79 Å².